The molecule has 0 aromatic heterocycles. The number of para-hydroxylation sites is 1. The zero-order valence-corrected chi connectivity index (χ0v) is 10.3. The van der Waals surface area contributed by atoms with E-state index in [9.17, 15) is 24.6 Å². The number of hydrogen-bond donors (Lipinski definition) is 1. The van der Waals surface area contributed by atoms with Crippen LogP contribution < -0.4 is 15.5 Å². The molecule has 0 radical (unpaired) electrons. The van der Waals surface area contributed by atoms with Gasteiger partial charge in [-0.3, -0.25) is 4.79 Å². The van der Waals surface area contributed by atoms with Crippen molar-refractivity contribution in [3.8, 4) is 0 Å². The Morgan fingerprint density at radius 1 is 1.16 bits per heavy atom. The quantitative estimate of drug-likeness (QED) is 0.719. The maximum Gasteiger partial charge on any atom is 0.224 e. The lowest BCUT2D eigenvalue weighted by Crippen LogP contribution is -2.27. The highest BCUT2D eigenvalue weighted by molar-refractivity contribution is 5.99. The molecule has 0 fully saturated rings. The van der Waals surface area contributed by atoms with E-state index < -0.39 is 17.8 Å². The number of carbonyl (C=O) groups excluding carboxylic acids is 3. The van der Waals surface area contributed by atoms with Gasteiger partial charge in [0.2, 0.25) is 5.91 Å². The van der Waals surface area contributed by atoms with Crippen molar-refractivity contribution in [3.05, 3.63) is 29.8 Å². The first-order valence-corrected chi connectivity index (χ1v) is 5.70. The topological polar surface area (TPSA) is 109 Å². The van der Waals surface area contributed by atoms with Crippen LogP contribution in [0.15, 0.2) is 24.3 Å². The van der Waals surface area contributed by atoms with Crippen molar-refractivity contribution in [1.29, 1.82) is 0 Å². The van der Waals surface area contributed by atoms with Crippen LogP contribution in [0.4, 0.5) is 5.69 Å². The number of anilines is 1. The highest BCUT2D eigenvalue weighted by Gasteiger charge is 2.11. The predicted octanol–water partition coefficient (Wildman–Crippen LogP) is -0.845. The average molecular weight is 263 g/mol. The Morgan fingerprint density at radius 3 is 2.37 bits per heavy atom. The first kappa shape index (κ1) is 14.7. The Bertz CT molecular complexity index is 498. The largest absolute Gasteiger partial charge is 0.550 e. The zero-order chi connectivity index (χ0) is 14.4. The van der Waals surface area contributed by atoms with Crippen LogP contribution in [0.2, 0.25) is 0 Å². The van der Waals surface area contributed by atoms with Crippen molar-refractivity contribution in [2.75, 3.05) is 5.32 Å². The van der Waals surface area contributed by atoms with E-state index in [0.29, 0.717) is 0 Å². The number of hydrogen-bond acceptors (Lipinski definition) is 5. The Kier molecular flexibility index (Phi) is 5.05. The number of carboxylic acid groups (broad SMARTS) is 2. The molecular weight excluding hydrogens is 250 g/mol. The summed E-state index contributed by atoms with van der Waals surface area (Å²) >= 11 is 0. The molecule has 0 heterocycles. The highest BCUT2D eigenvalue weighted by atomic mass is 16.4. The molecule has 1 aromatic rings. The van der Waals surface area contributed by atoms with E-state index >= 15 is 0 Å². The molecule has 0 spiro atoms. The molecule has 0 aliphatic carbocycles. The summed E-state index contributed by atoms with van der Waals surface area (Å²) in [5, 5.41) is 23.6. The second-order valence-corrected chi connectivity index (χ2v) is 4.27. The summed E-state index contributed by atoms with van der Waals surface area (Å²) in [6.45, 7) is 1.60. The molecule has 1 atom stereocenters. The molecule has 6 heteroatoms. The number of carboxylic acids is 2. The van der Waals surface area contributed by atoms with E-state index in [-0.39, 0.29) is 30.0 Å². The molecular formula is C13H13NO5-2. The number of benzene rings is 1. The van der Waals surface area contributed by atoms with Gasteiger partial charge < -0.3 is 25.1 Å². The van der Waals surface area contributed by atoms with E-state index in [1.165, 1.54) is 18.2 Å². The Labute approximate surface area is 110 Å². The molecule has 0 unspecified atom stereocenters. The molecule has 1 rings (SSSR count). The lowest BCUT2D eigenvalue weighted by atomic mass is 10.0. The summed E-state index contributed by atoms with van der Waals surface area (Å²) in [4.78, 5) is 32.8. The number of amides is 1. The minimum atomic E-state index is -1.39. The van der Waals surface area contributed by atoms with E-state index in [2.05, 4.69) is 5.32 Å². The van der Waals surface area contributed by atoms with Crippen molar-refractivity contribution in [3.63, 3.8) is 0 Å². The minimum Gasteiger partial charge on any atom is -0.550 e. The van der Waals surface area contributed by atoms with Crippen LogP contribution in [0.25, 0.3) is 0 Å². The predicted molar refractivity (Wildman–Crippen MR) is 62.8 cm³/mol. The molecule has 1 N–H and O–H groups in total. The monoisotopic (exact) mass is 263 g/mol. The molecule has 1 amide bonds. The smallest absolute Gasteiger partial charge is 0.224 e. The second-order valence-electron chi connectivity index (χ2n) is 4.27. The summed E-state index contributed by atoms with van der Waals surface area (Å²) in [7, 11) is 0. The molecule has 0 bridgehead atoms. The third kappa shape index (κ3) is 4.79. The van der Waals surface area contributed by atoms with Crippen molar-refractivity contribution >= 4 is 23.5 Å². The van der Waals surface area contributed by atoms with Crippen molar-refractivity contribution in [2.24, 2.45) is 5.92 Å². The van der Waals surface area contributed by atoms with E-state index in [1.807, 2.05) is 0 Å². The van der Waals surface area contributed by atoms with Crippen LogP contribution >= 0.6 is 0 Å². The summed E-state index contributed by atoms with van der Waals surface area (Å²) < 4.78 is 0. The Morgan fingerprint density at radius 2 is 1.79 bits per heavy atom. The van der Waals surface area contributed by atoms with Crippen LogP contribution in [-0.4, -0.2) is 17.8 Å². The third-order valence-corrected chi connectivity index (χ3v) is 2.47. The van der Waals surface area contributed by atoms with Gasteiger partial charge in [-0.25, -0.2) is 0 Å². The second kappa shape index (κ2) is 6.53. The fraction of sp³-hybridized carbons (Fsp3) is 0.308. The average Bonchev–Trinajstić information content (AvgIpc) is 2.27. The molecule has 1 aromatic carbocycles. The lowest BCUT2D eigenvalue weighted by Gasteiger charge is -2.14. The van der Waals surface area contributed by atoms with Crippen LogP contribution in [0.3, 0.4) is 0 Å². The lowest BCUT2D eigenvalue weighted by molar-refractivity contribution is -0.306. The van der Waals surface area contributed by atoms with Crippen molar-refractivity contribution in [1.82, 2.24) is 0 Å². The van der Waals surface area contributed by atoms with Gasteiger partial charge in [0.15, 0.2) is 0 Å². The molecule has 0 aliphatic rings. The summed E-state index contributed by atoms with van der Waals surface area (Å²) in [5.41, 5.74) is 0.0107. The maximum absolute atomic E-state index is 11.6. The summed E-state index contributed by atoms with van der Waals surface area (Å²) in [6, 6.07) is 5.84. The number of aromatic carboxylic acids is 1. The fourth-order valence-corrected chi connectivity index (χ4v) is 1.64. The molecule has 0 aliphatic heterocycles. The standard InChI is InChI=1S/C13H15NO5/c1-8(7-12(16)17)6-11(15)14-10-5-3-2-4-9(10)13(18)19/h2-5,8H,6-7H2,1H3,(H,14,15)(H,16,17)(H,18,19)/p-2/t8-/m0/s1. The van der Waals surface area contributed by atoms with Gasteiger partial charge in [0, 0.05) is 23.6 Å². The number of aliphatic carboxylic acids is 1. The van der Waals surface area contributed by atoms with Crippen LogP contribution in [0.5, 0.6) is 0 Å². The highest BCUT2D eigenvalue weighted by Crippen LogP contribution is 2.15. The molecule has 19 heavy (non-hydrogen) atoms. The number of rotatable bonds is 6. The van der Waals surface area contributed by atoms with Gasteiger partial charge in [-0.2, -0.15) is 0 Å². The van der Waals surface area contributed by atoms with Gasteiger partial charge in [0.25, 0.3) is 0 Å². The third-order valence-electron chi connectivity index (χ3n) is 2.47. The van der Waals surface area contributed by atoms with Crippen LogP contribution in [0, 0.1) is 5.92 Å². The van der Waals surface area contributed by atoms with Crippen molar-refractivity contribution in [2.45, 2.75) is 19.8 Å². The normalized spacial score (nSPS) is 11.6. The number of carbonyl (C=O) groups is 3. The summed E-state index contributed by atoms with van der Waals surface area (Å²) in [5.74, 6) is -3.46. The molecule has 0 saturated heterocycles. The summed E-state index contributed by atoms with van der Waals surface area (Å²) in [6.07, 6.45) is -0.259. The van der Waals surface area contributed by atoms with Gasteiger partial charge in [-0.1, -0.05) is 25.1 Å². The van der Waals surface area contributed by atoms with E-state index in [0.717, 1.165) is 0 Å². The van der Waals surface area contributed by atoms with E-state index in [4.69, 9.17) is 0 Å². The molecule has 102 valence electrons. The van der Waals surface area contributed by atoms with Crippen LogP contribution in [-0.2, 0) is 9.59 Å². The van der Waals surface area contributed by atoms with Gasteiger partial charge in [-0.15, -0.1) is 0 Å². The Balaban J connectivity index is 2.67. The van der Waals surface area contributed by atoms with E-state index in [1.54, 1.807) is 13.0 Å². The first-order chi connectivity index (χ1) is 8.90. The molecule has 0 saturated carbocycles. The SMILES string of the molecule is C[C@H](CC(=O)[O-])CC(=O)Nc1ccccc1C(=O)[O-]. The fourth-order valence-electron chi connectivity index (χ4n) is 1.64. The maximum atomic E-state index is 11.6. The van der Waals surface area contributed by atoms with Crippen LogP contribution in [0.1, 0.15) is 30.1 Å². The van der Waals surface area contributed by atoms with Crippen molar-refractivity contribution < 1.29 is 24.6 Å². The van der Waals surface area contributed by atoms with Gasteiger partial charge in [0.1, 0.15) is 0 Å². The number of nitrogens with one attached hydrogen (secondary N) is 1. The minimum absolute atomic E-state index is 0.0324. The zero-order valence-electron chi connectivity index (χ0n) is 10.3. The van der Waals surface area contributed by atoms with Gasteiger partial charge in [0.05, 0.1) is 5.97 Å². The molecule has 6 nitrogen and oxygen atoms in total. The Hall–Kier alpha value is -2.37. The first-order valence-electron chi connectivity index (χ1n) is 5.70. The van der Waals surface area contributed by atoms with Gasteiger partial charge >= 0.3 is 0 Å². The van der Waals surface area contributed by atoms with Gasteiger partial charge in [-0.05, 0) is 18.4 Å².